The van der Waals surface area contributed by atoms with Gasteiger partial charge in [-0.25, -0.2) is 0 Å². The molecular weight excluding hydrogens is 140 g/mol. The van der Waals surface area contributed by atoms with E-state index in [4.69, 9.17) is 9.47 Å². The van der Waals surface area contributed by atoms with Gasteiger partial charge in [0, 0.05) is 13.2 Å². The monoisotopic (exact) mass is 160 g/mol. The predicted octanol–water partition coefficient (Wildman–Crippen LogP) is 2.60. The lowest BCUT2D eigenvalue weighted by Gasteiger charge is -1.90. The fourth-order valence-electron chi connectivity index (χ4n) is 0.405. The molecule has 0 bridgehead atoms. The van der Waals surface area contributed by atoms with E-state index in [1.807, 2.05) is 13.8 Å². The summed E-state index contributed by atoms with van der Waals surface area (Å²) in [5.41, 5.74) is 0. The van der Waals surface area contributed by atoms with Crippen LogP contribution in [0.1, 0.15) is 27.2 Å². The van der Waals surface area contributed by atoms with Crippen LogP contribution in [0.4, 0.5) is 0 Å². The van der Waals surface area contributed by atoms with Gasteiger partial charge in [-0.05, 0) is 20.3 Å². The summed E-state index contributed by atoms with van der Waals surface area (Å²) in [6, 6.07) is 0. The molecule has 0 heterocycles. The number of hydrogen-bond acceptors (Lipinski definition) is 2. The average molecular weight is 160 g/mol. The summed E-state index contributed by atoms with van der Waals surface area (Å²) in [7, 11) is 0. The van der Waals surface area contributed by atoms with Gasteiger partial charge in [0.2, 0.25) is 0 Å². The summed E-state index contributed by atoms with van der Waals surface area (Å²) in [5, 5.41) is 0. The van der Waals surface area contributed by atoms with Gasteiger partial charge in [0.1, 0.15) is 0 Å². The Balaban J connectivity index is 0. The molecule has 0 amide bonds. The Labute approximate surface area is 70.2 Å². The van der Waals surface area contributed by atoms with Crippen LogP contribution in [0.15, 0.2) is 12.8 Å². The highest BCUT2D eigenvalue weighted by molar-refractivity contribution is 4.46. The maximum Gasteiger partial charge on any atom is 0.0870 e. The Kier molecular flexibility index (Phi) is 19.4. The molecule has 2 heteroatoms. The minimum atomic E-state index is 0.795. The molecule has 0 N–H and O–H groups in total. The second kappa shape index (κ2) is 16.2. The molecule has 0 aromatic rings. The van der Waals surface area contributed by atoms with Crippen molar-refractivity contribution >= 4 is 0 Å². The topological polar surface area (TPSA) is 18.5 Å². The molecule has 0 aliphatic rings. The molecule has 68 valence electrons. The Bertz CT molecular complexity index is 60.6. The van der Waals surface area contributed by atoms with Crippen LogP contribution >= 0.6 is 0 Å². The van der Waals surface area contributed by atoms with E-state index < -0.39 is 0 Å². The zero-order chi connectivity index (χ0) is 8.95. The summed E-state index contributed by atoms with van der Waals surface area (Å²) < 4.78 is 9.58. The van der Waals surface area contributed by atoms with Crippen LogP contribution in [0.25, 0.3) is 0 Å². The van der Waals surface area contributed by atoms with Gasteiger partial charge in [0.05, 0.1) is 12.9 Å². The van der Waals surface area contributed by atoms with E-state index in [1.54, 1.807) is 0 Å². The zero-order valence-electron chi connectivity index (χ0n) is 7.93. The molecule has 0 saturated heterocycles. The highest BCUT2D eigenvalue weighted by atomic mass is 16.5. The van der Waals surface area contributed by atoms with Crippen molar-refractivity contribution in [2.24, 2.45) is 0 Å². The van der Waals surface area contributed by atoms with Gasteiger partial charge in [0.15, 0.2) is 0 Å². The van der Waals surface area contributed by atoms with Gasteiger partial charge in [-0.15, -0.1) is 0 Å². The lowest BCUT2D eigenvalue weighted by Crippen LogP contribution is -1.84. The van der Waals surface area contributed by atoms with Crippen molar-refractivity contribution in [1.82, 2.24) is 0 Å². The van der Waals surface area contributed by atoms with Crippen molar-refractivity contribution in [3.8, 4) is 0 Å². The second-order valence-electron chi connectivity index (χ2n) is 1.82. The maximum absolute atomic E-state index is 4.83. The fourth-order valence-corrected chi connectivity index (χ4v) is 0.405. The van der Waals surface area contributed by atoms with Crippen LogP contribution in [0.2, 0.25) is 0 Å². The Morgan fingerprint density at radius 3 is 1.82 bits per heavy atom. The van der Waals surface area contributed by atoms with Crippen molar-refractivity contribution < 1.29 is 9.47 Å². The number of ether oxygens (including phenoxy) is 2. The van der Waals surface area contributed by atoms with E-state index in [-0.39, 0.29) is 0 Å². The van der Waals surface area contributed by atoms with Crippen LogP contribution in [0.5, 0.6) is 0 Å². The SMILES string of the molecule is C=COCCC.CCOCC. The summed E-state index contributed by atoms with van der Waals surface area (Å²) in [6.07, 6.45) is 2.52. The highest BCUT2D eigenvalue weighted by Gasteiger charge is 1.68. The van der Waals surface area contributed by atoms with Gasteiger partial charge in [-0.2, -0.15) is 0 Å². The molecule has 0 atom stereocenters. The van der Waals surface area contributed by atoms with E-state index in [0.717, 1.165) is 26.2 Å². The molecule has 0 aromatic carbocycles. The standard InChI is InChI=1S/C5H10O.C4H10O/c1-3-5-6-4-2;1-3-5-4-2/h4H,2-3,5H2,1H3;3-4H2,1-2H3. The molecule has 0 fully saturated rings. The lowest BCUT2D eigenvalue weighted by atomic mass is 10.5. The minimum Gasteiger partial charge on any atom is -0.502 e. The Hall–Kier alpha value is -0.500. The van der Waals surface area contributed by atoms with Gasteiger partial charge < -0.3 is 9.47 Å². The third-order valence-electron chi connectivity index (χ3n) is 0.848. The third-order valence-corrected chi connectivity index (χ3v) is 0.848. The minimum absolute atomic E-state index is 0.795. The lowest BCUT2D eigenvalue weighted by molar-refractivity contribution is 0.162. The summed E-state index contributed by atoms with van der Waals surface area (Å²) in [5.74, 6) is 0. The first kappa shape index (κ1) is 13.1. The predicted molar refractivity (Wildman–Crippen MR) is 48.6 cm³/mol. The molecule has 2 nitrogen and oxygen atoms in total. The maximum atomic E-state index is 4.83. The molecule has 0 aromatic heterocycles. The van der Waals surface area contributed by atoms with Crippen molar-refractivity contribution in [3.63, 3.8) is 0 Å². The summed E-state index contributed by atoms with van der Waals surface area (Å²) >= 11 is 0. The zero-order valence-corrected chi connectivity index (χ0v) is 7.93. The third kappa shape index (κ3) is 26.4. The van der Waals surface area contributed by atoms with E-state index in [9.17, 15) is 0 Å². The van der Waals surface area contributed by atoms with Gasteiger partial charge in [-0.3, -0.25) is 0 Å². The van der Waals surface area contributed by atoms with Crippen molar-refractivity contribution in [2.45, 2.75) is 27.2 Å². The Morgan fingerprint density at radius 2 is 1.73 bits per heavy atom. The van der Waals surface area contributed by atoms with Crippen LogP contribution in [-0.4, -0.2) is 19.8 Å². The summed E-state index contributed by atoms with van der Waals surface area (Å²) in [4.78, 5) is 0. The molecule has 0 spiro atoms. The average Bonchev–Trinajstić information content (AvgIpc) is 2.04. The molecule has 0 radical (unpaired) electrons. The smallest absolute Gasteiger partial charge is 0.0870 e. The van der Waals surface area contributed by atoms with Crippen molar-refractivity contribution in [2.75, 3.05) is 19.8 Å². The van der Waals surface area contributed by atoms with Crippen molar-refractivity contribution in [1.29, 1.82) is 0 Å². The molecule has 0 aliphatic heterocycles. The van der Waals surface area contributed by atoms with Gasteiger partial charge >= 0.3 is 0 Å². The number of rotatable bonds is 5. The quantitative estimate of drug-likeness (QED) is 0.454. The van der Waals surface area contributed by atoms with Crippen molar-refractivity contribution in [3.05, 3.63) is 12.8 Å². The Morgan fingerprint density at radius 1 is 1.18 bits per heavy atom. The van der Waals surface area contributed by atoms with Crippen LogP contribution < -0.4 is 0 Å². The molecule has 0 saturated carbocycles. The van der Waals surface area contributed by atoms with Crippen LogP contribution in [0, 0.1) is 0 Å². The van der Waals surface area contributed by atoms with E-state index >= 15 is 0 Å². The summed E-state index contributed by atoms with van der Waals surface area (Å²) in [6.45, 7) is 11.9. The largest absolute Gasteiger partial charge is 0.502 e. The fraction of sp³-hybridized carbons (Fsp3) is 0.778. The molecule has 0 aliphatic carbocycles. The first-order valence-corrected chi connectivity index (χ1v) is 4.13. The van der Waals surface area contributed by atoms with Crippen LogP contribution in [-0.2, 0) is 9.47 Å². The highest BCUT2D eigenvalue weighted by Crippen LogP contribution is 1.76. The van der Waals surface area contributed by atoms with Crippen LogP contribution in [0.3, 0.4) is 0 Å². The number of hydrogen-bond donors (Lipinski definition) is 0. The molecule has 11 heavy (non-hydrogen) atoms. The second-order valence-corrected chi connectivity index (χ2v) is 1.82. The van der Waals surface area contributed by atoms with Gasteiger partial charge in [-0.1, -0.05) is 13.5 Å². The van der Waals surface area contributed by atoms with E-state index in [0.29, 0.717) is 0 Å². The first-order chi connectivity index (χ1) is 5.33. The normalized spacial score (nSPS) is 7.91. The van der Waals surface area contributed by atoms with E-state index in [1.165, 1.54) is 6.26 Å². The van der Waals surface area contributed by atoms with Gasteiger partial charge in [0.25, 0.3) is 0 Å². The molecule has 0 unspecified atom stereocenters. The molecule has 0 rings (SSSR count). The molecular formula is C9H20O2. The van der Waals surface area contributed by atoms with E-state index in [2.05, 4.69) is 13.5 Å². The first-order valence-electron chi connectivity index (χ1n) is 4.13.